The summed E-state index contributed by atoms with van der Waals surface area (Å²) in [6, 6.07) is 0. The molecule has 4 rings (SSSR count). The average Bonchev–Trinajstić information content (AvgIpc) is 3.24. The van der Waals surface area contributed by atoms with Crippen molar-refractivity contribution in [3.8, 4) is 0 Å². The molecule has 0 aromatic heterocycles. The first kappa shape index (κ1) is 37.4. The van der Waals surface area contributed by atoms with Gasteiger partial charge in [0.05, 0.1) is 6.10 Å². The topological polar surface area (TPSA) is 101 Å². The van der Waals surface area contributed by atoms with Crippen molar-refractivity contribution in [2.45, 2.75) is 148 Å². The van der Waals surface area contributed by atoms with Crippen molar-refractivity contribution in [2.75, 3.05) is 6.61 Å². The van der Waals surface area contributed by atoms with Crippen LogP contribution in [0, 0.1) is 28.6 Å². The van der Waals surface area contributed by atoms with Crippen LogP contribution in [0.1, 0.15) is 130 Å². The van der Waals surface area contributed by atoms with E-state index >= 15 is 4.39 Å². The molecule has 4 aliphatic rings. The summed E-state index contributed by atoms with van der Waals surface area (Å²) in [6.45, 7) is 7.03. The van der Waals surface area contributed by atoms with Crippen LogP contribution in [0.15, 0.2) is 48.1 Å². The van der Waals surface area contributed by atoms with Crippen molar-refractivity contribution in [3.63, 3.8) is 0 Å². The lowest BCUT2D eigenvalue weighted by Gasteiger charge is -2.62. The number of hydrogen-bond donors (Lipinski definition) is 2. The van der Waals surface area contributed by atoms with Crippen molar-refractivity contribution in [2.24, 2.45) is 28.6 Å². The monoisotopic (exact) mass is 654 g/mol. The van der Waals surface area contributed by atoms with Crippen LogP contribution >= 0.6 is 0 Å². The summed E-state index contributed by atoms with van der Waals surface area (Å²) in [6.07, 6.45) is 25.5. The number of fused-ring (bicyclic) bond motifs is 5. The number of aliphatic hydroxyl groups is 2. The Morgan fingerprint density at radius 1 is 1.00 bits per heavy atom. The number of esters is 1. The standard InChI is InChI=1S/C40H59FO6/c1-5-6-7-8-9-10-11-12-13-14-15-16-17-18-19-20-36(45)47-28-35(44)40(46)29(2)25-33-32-22-21-30-26-31(42)23-24-37(30,3)39(32,41)34(43)27-38(33,40)4/h9-10,12-13,23-24,26,29,32-34,43,46H,5-8,11,14-22,25,27-28H2,1-4H3/b10-9-,13-12-/t29-,32+,33+,34+,37+,38+,39+,40+/m1/s1. The molecule has 6 nitrogen and oxygen atoms in total. The van der Waals surface area contributed by atoms with E-state index in [0.29, 0.717) is 31.3 Å². The molecule has 47 heavy (non-hydrogen) atoms. The second kappa shape index (κ2) is 15.9. The first-order chi connectivity index (χ1) is 22.4. The summed E-state index contributed by atoms with van der Waals surface area (Å²) in [4.78, 5) is 38.3. The zero-order valence-electron chi connectivity index (χ0n) is 29.3. The number of Topliss-reactive ketones (excluding diaryl/α,β-unsaturated/α-hetero) is 1. The van der Waals surface area contributed by atoms with Gasteiger partial charge >= 0.3 is 5.97 Å². The normalized spacial score (nSPS) is 36.3. The summed E-state index contributed by atoms with van der Waals surface area (Å²) in [5.41, 5.74) is -5.40. The lowest BCUT2D eigenvalue weighted by Crippen LogP contribution is -2.69. The van der Waals surface area contributed by atoms with E-state index in [1.54, 1.807) is 26.8 Å². The van der Waals surface area contributed by atoms with Crippen molar-refractivity contribution in [1.29, 1.82) is 0 Å². The van der Waals surface area contributed by atoms with Gasteiger partial charge in [0.15, 0.2) is 18.1 Å². The lowest BCUT2D eigenvalue weighted by atomic mass is 9.44. The molecule has 0 aliphatic heterocycles. The number of alkyl halides is 1. The highest BCUT2D eigenvalue weighted by atomic mass is 19.1. The number of carbonyl (C=O) groups excluding carboxylic acids is 3. The summed E-state index contributed by atoms with van der Waals surface area (Å²) in [5.74, 6) is -2.64. The van der Waals surface area contributed by atoms with Crippen LogP contribution in [0.2, 0.25) is 0 Å². The van der Waals surface area contributed by atoms with Gasteiger partial charge in [-0.15, -0.1) is 0 Å². The Morgan fingerprint density at radius 3 is 2.36 bits per heavy atom. The van der Waals surface area contributed by atoms with E-state index in [4.69, 9.17) is 4.74 Å². The van der Waals surface area contributed by atoms with Crippen molar-refractivity contribution in [1.82, 2.24) is 0 Å². The zero-order chi connectivity index (χ0) is 34.3. The minimum absolute atomic E-state index is 0.0954. The predicted octanol–water partition coefficient (Wildman–Crippen LogP) is 8.26. The third kappa shape index (κ3) is 7.32. The van der Waals surface area contributed by atoms with Gasteiger partial charge in [-0.2, -0.15) is 0 Å². The highest BCUT2D eigenvalue weighted by Crippen LogP contribution is 2.70. The third-order valence-electron chi connectivity index (χ3n) is 12.3. The van der Waals surface area contributed by atoms with E-state index in [1.165, 1.54) is 37.8 Å². The summed E-state index contributed by atoms with van der Waals surface area (Å²) in [5, 5.41) is 23.6. The smallest absolute Gasteiger partial charge is 0.306 e. The molecular formula is C40H59FO6. The average molecular weight is 655 g/mol. The Morgan fingerprint density at radius 2 is 1.66 bits per heavy atom. The van der Waals surface area contributed by atoms with E-state index < -0.39 is 58.4 Å². The molecule has 4 aliphatic carbocycles. The largest absolute Gasteiger partial charge is 0.458 e. The highest BCUT2D eigenvalue weighted by Gasteiger charge is 2.75. The number of ketones is 2. The number of carbonyl (C=O) groups is 3. The van der Waals surface area contributed by atoms with Crippen LogP contribution in [0.5, 0.6) is 0 Å². The molecule has 0 spiro atoms. The second-order valence-electron chi connectivity index (χ2n) is 15.2. The lowest BCUT2D eigenvalue weighted by molar-refractivity contribution is -0.220. The number of aliphatic hydroxyl groups excluding tert-OH is 1. The zero-order valence-corrected chi connectivity index (χ0v) is 29.3. The van der Waals surface area contributed by atoms with Gasteiger partial charge in [0.25, 0.3) is 0 Å². The summed E-state index contributed by atoms with van der Waals surface area (Å²) >= 11 is 0. The summed E-state index contributed by atoms with van der Waals surface area (Å²) < 4.78 is 22.7. The van der Waals surface area contributed by atoms with E-state index in [-0.39, 0.29) is 24.5 Å². The van der Waals surface area contributed by atoms with Crippen LogP contribution in [0.4, 0.5) is 4.39 Å². The van der Waals surface area contributed by atoms with Gasteiger partial charge in [0, 0.05) is 23.2 Å². The first-order valence-electron chi connectivity index (χ1n) is 18.4. The molecule has 8 atom stereocenters. The van der Waals surface area contributed by atoms with Gasteiger partial charge < -0.3 is 14.9 Å². The maximum atomic E-state index is 17.3. The van der Waals surface area contributed by atoms with E-state index in [1.807, 2.05) is 0 Å². The Balaban J connectivity index is 1.21. The molecule has 0 saturated heterocycles. The Hall–Kier alpha value is -2.38. The van der Waals surface area contributed by atoms with Crippen molar-refractivity contribution >= 4 is 17.5 Å². The highest BCUT2D eigenvalue weighted by molar-refractivity contribution is 6.01. The molecule has 3 fully saturated rings. The number of allylic oxidation sites excluding steroid dienone is 8. The van der Waals surface area contributed by atoms with Gasteiger partial charge in [-0.3, -0.25) is 14.4 Å². The third-order valence-corrected chi connectivity index (χ3v) is 12.3. The van der Waals surface area contributed by atoms with Gasteiger partial charge in [0.1, 0.15) is 5.60 Å². The van der Waals surface area contributed by atoms with Gasteiger partial charge in [-0.25, -0.2) is 4.39 Å². The summed E-state index contributed by atoms with van der Waals surface area (Å²) in [7, 11) is 0. The SMILES string of the molecule is CCCCC/C=C\C/C=C\CCCCCCCC(=O)OCC(=O)[C@@]1(O)[C@H](C)C[C@H]2[C@@H]3CCC4=CC(=O)C=C[C@]4(C)[C@@]3(F)[C@@H](O)C[C@@]21C. The van der Waals surface area contributed by atoms with Crippen LogP contribution in [-0.2, 0) is 19.1 Å². The van der Waals surface area contributed by atoms with Crippen molar-refractivity contribution < 1.29 is 33.7 Å². The maximum absolute atomic E-state index is 17.3. The van der Waals surface area contributed by atoms with E-state index in [2.05, 4.69) is 31.2 Å². The van der Waals surface area contributed by atoms with Crippen LogP contribution < -0.4 is 0 Å². The molecule has 0 aromatic carbocycles. The fourth-order valence-corrected chi connectivity index (χ4v) is 9.55. The number of rotatable bonds is 17. The molecule has 0 bridgehead atoms. The minimum atomic E-state index is -2.03. The Kier molecular flexibility index (Phi) is 12.7. The molecule has 0 heterocycles. The molecule has 2 N–H and O–H groups in total. The van der Waals surface area contributed by atoms with Crippen LogP contribution in [-0.4, -0.2) is 51.7 Å². The number of unbranched alkanes of at least 4 members (excludes halogenated alkanes) is 8. The van der Waals surface area contributed by atoms with Gasteiger partial charge in [-0.1, -0.05) is 88.8 Å². The molecule has 0 aromatic rings. The van der Waals surface area contributed by atoms with Crippen molar-refractivity contribution in [3.05, 3.63) is 48.1 Å². The molecular weight excluding hydrogens is 595 g/mol. The molecule has 0 amide bonds. The molecule has 0 unspecified atom stereocenters. The predicted molar refractivity (Wildman–Crippen MR) is 183 cm³/mol. The number of hydrogen-bond acceptors (Lipinski definition) is 6. The molecule has 262 valence electrons. The van der Waals surface area contributed by atoms with Gasteiger partial charge in [-0.05, 0) is 95.1 Å². The van der Waals surface area contributed by atoms with E-state index in [0.717, 1.165) is 38.5 Å². The Labute approximate surface area is 282 Å². The van der Waals surface area contributed by atoms with Crippen LogP contribution in [0.3, 0.4) is 0 Å². The fraction of sp³-hybridized carbons (Fsp3) is 0.725. The fourth-order valence-electron chi connectivity index (χ4n) is 9.55. The Bertz CT molecular complexity index is 1250. The van der Waals surface area contributed by atoms with E-state index in [9.17, 15) is 24.6 Å². The molecule has 7 heteroatoms. The maximum Gasteiger partial charge on any atom is 0.306 e. The quantitative estimate of drug-likeness (QED) is 0.0931. The molecule has 3 saturated carbocycles. The van der Waals surface area contributed by atoms with Crippen LogP contribution in [0.25, 0.3) is 0 Å². The minimum Gasteiger partial charge on any atom is -0.458 e. The molecule has 0 radical (unpaired) electrons. The second-order valence-corrected chi connectivity index (χ2v) is 15.2. The number of ether oxygens (including phenoxy) is 1. The van der Waals surface area contributed by atoms with Gasteiger partial charge in [0.2, 0.25) is 5.78 Å². The first-order valence-corrected chi connectivity index (χ1v) is 18.4. The number of halogens is 1.